The number of carbonyl (C=O) groups excluding carboxylic acids is 1. The molecule has 140 valence electrons. The molecule has 0 spiro atoms. The van der Waals surface area contributed by atoms with Gasteiger partial charge in [0.1, 0.15) is 11.6 Å². The van der Waals surface area contributed by atoms with Gasteiger partial charge in [0.25, 0.3) is 5.91 Å². The van der Waals surface area contributed by atoms with E-state index in [1.165, 1.54) is 12.1 Å². The average molecular weight is 393 g/mol. The highest BCUT2D eigenvalue weighted by Gasteiger charge is 2.28. The maximum absolute atomic E-state index is 13.4. The van der Waals surface area contributed by atoms with Crippen LogP contribution in [0.15, 0.2) is 53.9 Å². The Labute approximate surface area is 165 Å². The molecule has 7 heteroatoms. The fourth-order valence-corrected chi connectivity index (χ4v) is 4.72. The number of halogens is 1. The van der Waals surface area contributed by atoms with Crippen molar-refractivity contribution in [2.45, 2.75) is 17.3 Å². The second kappa shape index (κ2) is 6.53. The normalized spacial score (nSPS) is 17.9. The van der Waals surface area contributed by atoms with Crippen LogP contribution >= 0.6 is 11.8 Å². The number of nitrogens with zero attached hydrogens (tertiary/aromatic N) is 2. The summed E-state index contributed by atoms with van der Waals surface area (Å²) in [5, 5.41) is 3.72. The van der Waals surface area contributed by atoms with E-state index in [0.29, 0.717) is 11.4 Å². The monoisotopic (exact) mass is 393 g/mol. The minimum absolute atomic E-state index is 0.0301. The van der Waals surface area contributed by atoms with Crippen molar-refractivity contribution in [1.29, 1.82) is 0 Å². The SMILES string of the molecule is Cc1cc(C2=Cn3ccnc3SC2c2ccc(F)cc2)cc2c1OCC(=O)N2. The van der Waals surface area contributed by atoms with Gasteiger partial charge in [0.15, 0.2) is 11.8 Å². The molecule has 0 saturated carbocycles. The van der Waals surface area contributed by atoms with Gasteiger partial charge in [0.2, 0.25) is 0 Å². The van der Waals surface area contributed by atoms with Crippen LogP contribution < -0.4 is 10.1 Å². The molecule has 1 N–H and O–H groups in total. The summed E-state index contributed by atoms with van der Waals surface area (Å²) in [6, 6.07) is 10.5. The van der Waals surface area contributed by atoms with Crippen LogP contribution in [-0.4, -0.2) is 22.1 Å². The van der Waals surface area contributed by atoms with E-state index in [1.54, 1.807) is 30.1 Å². The maximum atomic E-state index is 13.4. The van der Waals surface area contributed by atoms with Crippen LogP contribution in [0.5, 0.6) is 5.75 Å². The number of amides is 1. The lowest BCUT2D eigenvalue weighted by molar-refractivity contribution is -0.118. The van der Waals surface area contributed by atoms with Crippen molar-refractivity contribution in [2.75, 3.05) is 11.9 Å². The smallest absolute Gasteiger partial charge is 0.262 e. The highest BCUT2D eigenvalue weighted by molar-refractivity contribution is 7.99. The third kappa shape index (κ3) is 2.88. The molecular formula is C21H16FN3O2S. The molecule has 1 amide bonds. The Hall–Kier alpha value is -3.06. The van der Waals surface area contributed by atoms with E-state index < -0.39 is 0 Å². The van der Waals surface area contributed by atoms with Gasteiger partial charge in [0, 0.05) is 18.6 Å². The zero-order valence-corrected chi connectivity index (χ0v) is 15.8. The summed E-state index contributed by atoms with van der Waals surface area (Å²) < 4.78 is 21.0. The van der Waals surface area contributed by atoms with E-state index in [2.05, 4.69) is 16.4 Å². The predicted molar refractivity (Wildman–Crippen MR) is 107 cm³/mol. The lowest BCUT2D eigenvalue weighted by Gasteiger charge is -2.27. The van der Waals surface area contributed by atoms with Gasteiger partial charge in [-0.3, -0.25) is 4.79 Å². The van der Waals surface area contributed by atoms with Crippen molar-refractivity contribution < 1.29 is 13.9 Å². The van der Waals surface area contributed by atoms with E-state index in [-0.39, 0.29) is 23.6 Å². The molecule has 2 aliphatic rings. The molecule has 0 bridgehead atoms. The van der Waals surface area contributed by atoms with E-state index in [9.17, 15) is 9.18 Å². The molecule has 1 unspecified atom stereocenters. The summed E-state index contributed by atoms with van der Waals surface area (Å²) in [6.45, 7) is 1.99. The summed E-state index contributed by atoms with van der Waals surface area (Å²) in [6.07, 6.45) is 5.70. The number of thioether (sulfide) groups is 1. The van der Waals surface area contributed by atoms with Crippen molar-refractivity contribution in [2.24, 2.45) is 0 Å². The number of hydrogen-bond acceptors (Lipinski definition) is 4. The standard InChI is InChI=1S/C21H16FN3O2S/c1-12-8-14(9-17-19(12)27-11-18(26)24-17)16-10-25-7-6-23-21(25)28-20(16)13-2-4-15(22)5-3-13/h2-10,20H,11H2,1H3,(H,24,26). The molecule has 0 aliphatic carbocycles. The van der Waals surface area contributed by atoms with Gasteiger partial charge in [-0.25, -0.2) is 9.37 Å². The molecule has 1 aromatic heterocycles. The number of aryl methyl sites for hydroxylation is 1. The fourth-order valence-electron chi connectivity index (χ4n) is 3.54. The molecule has 3 aromatic rings. The van der Waals surface area contributed by atoms with Crippen LogP contribution in [0, 0.1) is 12.7 Å². The Kier molecular flexibility index (Phi) is 3.98. The summed E-state index contributed by atoms with van der Waals surface area (Å²) in [5.41, 5.74) is 4.64. The van der Waals surface area contributed by atoms with Crippen LogP contribution in [0.3, 0.4) is 0 Å². The Morgan fingerprint density at radius 3 is 2.93 bits per heavy atom. The van der Waals surface area contributed by atoms with E-state index >= 15 is 0 Å². The Balaban J connectivity index is 1.65. The Morgan fingerprint density at radius 1 is 1.29 bits per heavy atom. The summed E-state index contributed by atoms with van der Waals surface area (Å²) >= 11 is 1.61. The number of carbonyl (C=O) groups is 1. The highest BCUT2D eigenvalue weighted by atomic mass is 32.2. The second-order valence-corrected chi connectivity index (χ2v) is 7.83. The minimum atomic E-state index is -0.263. The molecule has 1 atom stereocenters. The lowest BCUT2D eigenvalue weighted by atomic mass is 9.95. The molecule has 2 aliphatic heterocycles. The first-order chi connectivity index (χ1) is 13.6. The number of rotatable bonds is 2. The summed E-state index contributed by atoms with van der Waals surface area (Å²) in [5.74, 6) is 0.276. The van der Waals surface area contributed by atoms with E-state index in [4.69, 9.17) is 4.74 Å². The molecule has 0 saturated heterocycles. The highest BCUT2D eigenvalue weighted by Crippen LogP contribution is 2.49. The van der Waals surface area contributed by atoms with Crippen LogP contribution in [-0.2, 0) is 4.79 Å². The summed E-state index contributed by atoms with van der Waals surface area (Å²) in [4.78, 5) is 16.2. The molecular weight excluding hydrogens is 377 g/mol. The number of ether oxygens (including phenoxy) is 1. The third-order valence-corrected chi connectivity index (χ3v) is 6.11. The fraction of sp³-hybridized carbons (Fsp3) is 0.143. The molecule has 5 rings (SSSR count). The maximum Gasteiger partial charge on any atom is 0.262 e. The number of fused-ring (bicyclic) bond motifs is 2. The number of aromatic nitrogens is 2. The second-order valence-electron chi connectivity index (χ2n) is 6.76. The van der Waals surface area contributed by atoms with E-state index in [1.807, 2.05) is 30.0 Å². The zero-order chi connectivity index (χ0) is 19.3. The van der Waals surface area contributed by atoms with Crippen molar-refractivity contribution in [3.63, 3.8) is 0 Å². The largest absolute Gasteiger partial charge is 0.481 e. The number of anilines is 1. The van der Waals surface area contributed by atoms with Crippen LogP contribution in [0.4, 0.5) is 10.1 Å². The molecule has 0 radical (unpaired) electrons. The molecule has 5 nitrogen and oxygen atoms in total. The molecule has 0 fully saturated rings. The van der Waals surface area contributed by atoms with Gasteiger partial charge < -0.3 is 14.6 Å². The number of imidazole rings is 1. The van der Waals surface area contributed by atoms with Gasteiger partial charge in [0.05, 0.1) is 10.9 Å². The Bertz CT molecular complexity index is 1120. The van der Waals surface area contributed by atoms with Crippen molar-refractivity contribution >= 4 is 35.1 Å². The molecule has 28 heavy (non-hydrogen) atoms. The number of nitrogens with one attached hydrogen (secondary N) is 1. The van der Waals surface area contributed by atoms with Crippen molar-refractivity contribution in [3.8, 4) is 5.75 Å². The first kappa shape index (κ1) is 17.1. The van der Waals surface area contributed by atoms with Crippen LogP contribution in [0.2, 0.25) is 0 Å². The van der Waals surface area contributed by atoms with Crippen molar-refractivity contribution in [3.05, 3.63) is 71.3 Å². The molecule has 3 heterocycles. The van der Waals surface area contributed by atoms with Gasteiger partial charge in [-0.2, -0.15) is 0 Å². The van der Waals surface area contributed by atoms with Gasteiger partial charge in [-0.05, 0) is 53.5 Å². The first-order valence-electron chi connectivity index (χ1n) is 8.83. The topological polar surface area (TPSA) is 56.2 Å². The van der Waals surface area contributed by atoms with Gasteiger partial charge >= 0.3 is 0 Å². The van der Waals surface area contributed by atoms with Gasteiger partial charge in [-0.1, -0.05) is 23.9 Å². The first-order valence-corrected chi connectivity index (χ1v) is 9.71. The molecule has 2 aromatic carbocycles. The predicted octanol–water partition coefficient (Wildman–Crippen LogP) is 4.51. The van der Waals surface area contributed by atoms with Crippen molar-refractivity contribution in [1.82, 2.24) is 9.55 Å². The van der Waals surface area contributed by atoms with Crippen LogP contribution in [0.1, 0.15) is 21.9 Å². The number of hydrogen-bond donors (Lipinski definition) is 1. The average Bonchev–Trinajstić information content (AvgIpc) is 3.14. The van der Waals surface area contributed by atoms with E-state index in [0.717, 1.165) is 27.4 Å². The lowest BCUT2D eigenvalue weighted by Crippen LogP contribution is -2.26. The summed E-state index contributed by atoms with van der Waals surface area (Å²) in [7, 11) is 0. The third-order valence-electron chi connectivity index (χ3n) is 4.82. The zero-order valence-electron chi connectivity index (χ0n) is 15.0. The minimum Gasteiger partial charge on any atom is -0.481 e. The quantitative estimate of drug-likeness (QED) is 0.696. The van der Waals surface area contributed by atoms with Crippen LogP contribution in [0.25, 0.3) is 11.8 Å². The number of benzene rings is 2. The Morgan fingerprint density at radius 2 is 2.11 bits per heavy atom. The van der Waals surface area contributed by atoms with Gasteiger partial charge in [-0.15, -0.1) is 0 Å².